The summed E-state index contributed by atoms with van der Waals surface area (Å²) in [5, 5.41) is 4.99. The van der Waals surface area contributed by atoms with Gasteiger partial charge in [-0.05, 0) is 13.2 Å². The van der Waals surface area contributed by atoms with E-state index in [4.69, 9.17) is 0 Å². The Labute approximate surface area is 69.8 Å². The molecule has 0 radical (unpaired) electrons. The summed E-state index contributed by atoms with van der Waals surface area (Å²) in [5.74, 6) is 0. The van der Waals surface area contributed by atoms with Crippen molar-refractivity contribution >= 4 is 18.0 Å². The summed E-state index contributed by atoms with van der Waals surface area (Å²) in [5.41, 5.74) is 0.680. The summed E-state index contributed by atoms with van der Waals surface area (Å²) < 4.78 is 1.81. The maximum absolute atomic E-state index is 10.4. The van der Waals surface area contributed by atoms with Gasteiger partial charge in [0.15, 0.2) is 6.29 Å². The van der Waals surface area contributed by atoms with Gasteiger partial charge in [-0.15, -0.1) is 11.8 Å². The van der Waals surface area contributed by atoms with E-state index >= 15 is 0 Å². The van der Waals surface area contributed by atoms with Gasteiger partial charge >= 0.3 is 0 Å². The number of carbonyl (C=O) groups excluding carboxylic acids is 1. The van der Waals surface area contributed by atoms with Gasteiger partial charge in [-0.1, -0.05) is 0 Å². The second kappa shape index (κ2) is 3.57. The van der Waals surface area contributed by atoms with Crippen LogP contribution in [0.3, 0.4) is 0 Å². The number of aryl methyl sites for hydroxylation is 1. The molecule has 1 heterocycles. The summed E-state index contributed by atoms with van der Waals surface area (Å²) in [4.78, 5) is 10.4. The minimum Gasteiger partial charge on any atom is -0.298 e. The zero-order chi connectivity index (χ0) is 8.27. The average Bonchev–Trinajstić information content (AvgIpc) is 2.45. The van der Waals surface area contributed by atoms with Crippen molar-refractivity contribution in [2.24, 2.45) is 0 Å². The molecule has 4 heteroatoms. The SMILES string of the molecule is CCn1ncc(C=O)c1SC. The van der Waals surface area contributed by atoms with Crippen LogP contribution in [-0.2, 0) is 6.54 Å². The van der Waals surface area contributed by atoms with Crippen molar-refractivity contribution in [3.8, 4) is 0 Å². The van der Waals surface area contributed by atoms with Gasteiger partial charge in [-0.3, -0.25) is 9.48 Å². The lowest BCUT2D eigenvalue weighted by Gasteiger charge is -1.99. The molecule has 3 nitrogen and oxygen atoms in total. The zero-order valence-electron chi connectivity index (χ0n) is 6.57. The molecule has 0 atom stereocenters. The van der Waals surface area contributed by atoms with Crippen LogP contribution in [0.1, 0.15) is 17.3 Å². The fourth-order valence-corrected chi connectivity index (χ4v) is 1.64. The second-order valence-electron chi connectivity index (χ2n) is 2.04. The Morgan fingerprint density at radius 2 is 2.55 bits per heavy atom. The summed E-state index contributed by atoms with van der Waals surface area (Å²) in [6.45, 7) is 2.81. The van der Waals surface area contributed by atoms with Crippen LogP contribution < -0.4 is 0 Å². The molecule has 0 aliphatic rings. The Morgan fingerprint density at radius 1 is 1.82 bits per heavy atom. The lowest BCUT2D eigenvalue weighted by Crippen LogP contribution is -1.97. The minimum absolute atomic E-state index is 0.680. The van der Waals surface area contributed by atoms with E-state index < -0.39 is 0 Å². The van der Waals surface area contributed by atoms with E-state index in [0.29, 0.717) is 5.56 Å². The normalized spacial score (nSPS) is 10.0. The first-order valence-electron chi connectivity index (χ1n) is 3.38. The Hall–Kier alpha value is -0.770. The average molecular weight is 170 g/mol. The van der Waals surface area contributed by atoms with E-state index in [9.17, 15) is 4.79 Å². The standard InChI is InChI=1S/C7H10N2OS/c1-3-9-7(11-2)6(5-10)4-8-9/h4-5H,3H2,1-2H3. The third-order valence-corrected chi connectivity index (χ3v) is 2.27. The van der Waals surface area contributed by atoms with E-state index in [1.54, 1.807) is 18.0 Å². The Bertz CT molecular complexity index is 257. The van der Waals surface area contributed by atoms with Crippen LogP contribution >= 0.6 is 11.8 Å². The van der Waals surface area contributed by atoms with Crippen LogP contribution in [0.25, 0.3) is 0 Å². The summed E-state index contributed by atoms with van der Waals surface area (Å²) in [7, 11) is 0. The number of nitrogens with zero attached hydrogens (tertiary/aromatic N) is 2. The Kier molecular flexibility index (Phi) is 2.70. The topological polar surface area (TPSA) is 34.9 Å². The van der Waals surface area contributed by atoms with Crippen LogP contribution in [0, 0.1) is 0 Å². The van der Waals surface area contributed by atoms with Gasteiger partial charge in [-0.25, -0.2) is 0 Å². The number of hydrogen-bond donors (Lipinski definition) is 0. The molecule has 11 heavy (non-hydrogen) atoms. The molecule has 0 unspecified atom stereocenters. The number of thioether (sulfide) groups is 1. The van der Waals surface area contributed by atoms with Crippen LogP contribution in [0.4, 0.5) is 0 Å². The van der Waals surface area contributed by atoms with Crippen LogP contribution in [0.2, 0.25) is 0 Å². The van der Waals surface area contributed by atoms with Gasteiger partial charge in [0.1, 0.15) is 5.03 Å². The molecule has 0 spiro atoms. The molecule has 0 bridgehead atoms. The number of rotatable bonds is 3. The molecule has 0 N–H and O–H groups in total. The Balaban J connectivity index is 3.08. The first-order valence-corrected chi connectivity index (χ1v) is 4.61. The van der Waals surface area contributed by atoms with Gasteiger partial charge in [0.05, 0.1) is 11.8 Å². The van der Waals surface area contributed by atoms with Crippen LogP contribution in [-0.4, -0.2) is 22.3 Å². The molecule has 60 valence electrons. The largest absolute Gasteiger partial charge is 0.298 e. The first-order chi connectivity index (χ1) is 5.33. The molecule has 0 saturated heterocycles. The maximum Gasteiger partial charge on any atom is 0.154 e. The molecule has 1 aromatic rings. The van der Waals surface area contributed by atoms with Crippen molar-refractivity contribution in [3.05, 3.63) is 11.8 Å². The van der Waals surface area contributed by atoms with Crippen molar-refractivity contribution in [3.63, 3.8) is 0 Å². The highest BCUT2D eigenvalue weighted by Gasteiger charge is 2.06. The van der Waals surface area contributed by atoms with Crippen molar-refractivity contribution in [1.29, 1.82) is 0 Å². The smallest absolute Gasteiger partial charge is 0.154 e. The minimum atomic E-state index is 0.680. The van der Waals surface area contributed by atoms with Crippen molar-refractivity contribution in [2.45, 2.75) is 18.5 Å². The summed E-state index contributed by atoms with van der Waals surface area (Å²) >= 11 is 1.55. The third-order valence-electron chi connectivity index (χ3n) is 1.44. The molecule has 0 aliphatic heterocycles. The summed E-state index contributed by atoms with van der Waals surface area (Å²) in [6, 6.07) is 0. The van der Waals surface area contributed by atoms with E-state index in [1.165, 1.54) is 0 Å². The van der Waals surface area contributed by atoms with E-state index in [-0.39, 0.29) is 0 Å². The van der Waals surface area contributed by atoms with Crippen LogP contribution in [0.5, 0.6) is 0 Å². The third kappa shape index (κ3) is 1.45. The van der Waals surface area contributed by atoms with Crippen molar-refractivity contribution in [1.82, 2.24) is 9.78 Å². The van der Waals surface area contributed by atoms with Crippen molar-refractivity contribution < 1.29 is 4.79 Å². The van der Waals surface area contributed by atoms with E-state index in [1.807, 2.05) is 17.9 Å². The molecule has 0 aromatic carbocycles. The number of aldehydes is 1. The first kappa shape index (κ1) is 8.33. The lowest BCUT2D eigenvalue weighted by atomic mass is 10.4. The van der Waals surface area contributed by atoms with Gasteiger partial charge < -0.3 is 0 Å². The molecule has 0 fully saturated rings. The fourth-order valence-electron chi connectivity index (χ4n) is 0.918. The van der Waals surface area contributed by atoms with Gasteiger partial charge in [0.25, 0.3) is 0 Å². The van der Waals surface area contributed by atoms with Gasteiger partial charge in [0.2, 0.25) is 0 Å². The fraction of sp³-hybridized carbons (Fsp3) is 0.429. The molecule has 0 saturated carbocycles. The summed E-state index contributed by atoms with van der Waals surface area (Å²) in [6.07, 6.45) is 4.38. The molecular weight excluding hydrogens is 160 g/mol. The van der Waals surface area contributed by atoms with E-state index in [2.05, 4.69) is 5.10 Å². The maximum atomic E-state index is 10.4. The molecule has 0 amide bonds. The molecule has 1 rings (SSSR count). The highest BCUT2D eigenvalue weighted by atomic mass is 32.2. The van der Waals surface area contributed by atoms with Crippen LogP contribution in [0.15, 0.2) is 11.2 Å². The van der Waals surface area contributed by atoms with Gasteiger partial charge in [-0.2, -0.15) is 5.10 Å². The predicted molar refractivity (Wildman–Crippen MR) is 45.1 cm³/mol. The molecule has 0 aliphatic carbocycles. The van der Waals surface area contributed by atoms with Crippen molar-refractivity contribution in [2.75, 3.05) is 6.26 Å². The molecule has 1 aromatic heterocycles. The number of aromatic nitrogens is 2. The zero-order valence-corrected chi connectivity index (χ0v) is 7.39. The Morgan fingerprint density at radius 3 is 3.00 bits per heavy atom. The highest BCUT2D eigenvalue weighted by Crippen LogP contribution is 2.17. The highest BCUT2D eigenvalue weighted by molar-refractivity contribution is 7.98. The lowest BCUT2D eigenvalue weighted by molar-refractivity contribution is 0.112. The predicted octanol–water partition coefficient (Wildman–Crippen LogP) is 1.44. The van der Waals surface area contributed by atoms with E-state index in [0.717, 1.165) is 17.9 Å². The number of carbonyl (C=O) groups is 1. The quantitative estimate of drug-likeness (QED) is 0.508. The van der Waals surface area contributed by atoms with Gasteiger partial charge in [0, 0.05) is 6.54 Å². The second-order valence-corrected chi connectivity index (χ2v) is 2.84. The monoisotopic (exact) mass is 170 g/mol. The number of hydrogen-bond acceptors (Lipinski definition) is 3. The molecular formula is C7H10N2OS.